The molecule has 0 aliphatic carbocycles. The number of aromatic amines is 1. The number of nitrogens with two attached hydrogens (primary N) is 1. The van der Waals surface area contributed by atoms with Gasteiger partial charge in [0.15, 0.2) is 0 Å². The number of aromatic nitrogens is 4. The number of nitrogens with one attached hydrogen (secondary N) is 1. The molecule has 27 heavy (non-hydrogen) atoms. The largest absolute Gasteiger partial charge is 0.368 e. The number of hydrogen-bond donors (Lipinski definition) is 2. The van der Waals surface area contributed by atoms with Crippen molar-refractivity contribution in [2.24, 2.45) is 0 Å². The van der Waals surface area contributed by atoms with Crippen LogP contribution in [0.5, 0.6) is 0 Å². The van der Waals surface area contributed by atoms with E-state index in [1.54, 1.807) is 36.4 Å². The highest BCUT2D eigenvalue weighted by Gasteiger charge is 2.36. The SMILES string of the molecule is Cc1ccc(C(=O)N2Cc3c(-c4ccncc4)nc(N)nc3C2C)c(=O)[nH]1. The molecule has 136 valence electrons. The minimum atomic E-state index is -0.400. The molecule has 3 N–H and O–H groups in total. The lowest BCUT2D eigenvalue weighted by Crippen LogP contribution is -2.33. The van der Waals surface area contributed by atoms with Gasteiger partial charge in [0.05, 0.1) is 24.0 Å². The van der Waals surface area contributed by atoms with Crippen LogP contribution >= 0.6 is 0 Å². The molecule has 1 aliphatic rings. The van der Waals surface area contributed by atoms with Gasteiger partial charge in [0.2, 0.25) is 5.95 Å². The van der Waals surface area contributed by atoms with Crippen molar-refractivity contribution in [1.29, 1.82) is 0 Å². The quantitative estimate of drug-likeness (QED) is 0.718. The van der Waals surface area contributed by atoms with E-state index in [9.17, 15) is 9.59 Å². The maximum absolute atomic E-state index is 13.0. The Labute approximate surface area is 155 Å². The van der Waals surface area contributed by atoms with Gasteiger partial charge in [-0.3, -0.25) is 14.6 Å². The summed E-state index contributed by atoms with van der Waals surface area (Å²) in [4.78, 5) is 42.2. The van der Waals surface area contributed by atoms with Crippen LogP contribution in [0.1, 0.15) is 40.3 Å². The molecule has 0 aromatic carbocycles. The predicted molar refractivity (Wildman–Crippen MR) is 99.8 cm³/mol. The van der Waals surface area contributed by atoms with Crippen molar-refractivity contribution in [2.75, 3.05) is 5.73 Å². The maximum atomic E-state index is 13.0. The Morgan fingerprint density at radius 1 is 1.22 bits per heavy atom. The standard InChI is InChI=1S/C19H18N6O2/c1-10-3-4-13(17(26)22-10)18(27)25-9-14-15(11(25)2)23-19(20)24-16(14)12-5-7-21-8-6-12/h3-8,11H,9H2,1-2H3,(H,22,26)(H2,20,23,24). The van der Waals surface area contributed by atoms with Crippen molar-refractivity contribution in [3.8, 4) is 11.3 Å². The number of amides is 1. The van der Waals surface area contributed by atoms with Gasteiger partial charge in [-0.1, -0.05) is 0 Å². The average Bonchev–Trinajstić information content (AvgIpc) is 2.98. The molecule has 3 aromatic rings. The Balaban J connectivity index is 1.77. The second kappa shape index (κ2) is 6.31. The number of nitrogens with zero attached hydrogens (tertiary/aromatic N) is 4. The first kappa shape index (κ1) is 16.9. The summed E-state index contributed by atoms with van der Waals surface area (Å²) in [5, 5.41) is 0. The fourth-order valence-electron chi connectivity index (χ4n) is 3.37. The van der Waals surface area contributed by atoms with Gasteiger partial charge in [0, 0.05) is 29.2 Å². The van der Waals surface area contributed by atoms with E-state index in [2.05, 4.69) is 19.9 Å². The van der Waals surface area contributed by atoms with Gasteiger partial charge < -0.3 is 15.6 Å². The summed E-state index contributed by atoms with van der Waals surface area (Å²) < 4.78 is 0. The Hall–Kier alpha value is -3.55. The lowest BCUT2D eigenvalue weighted by Gasteiger charge is -2.21. The zero-order chi connectivity index (χ0) is 19.1. The van der Waals surface area contributed by atoms with Crippen LogP contribution in [0.15, 0.2) is 41.5 Å². The summed E-state index contributed by atoms with van der Waals surface area (Å²) in [6, 6.07) is 6.61. The Kier molecular flexibility index (Phi) is 3.95. The number of hydrogen-bond acceptors (Lipinski definition) is 6. The molecular formula is C19H18N6O2. The smallest absolute Gasteiger partial charge is 0.260 e. The van der Waals surface area contributed by atoms with Crippen LogP contribution in [0.4, 0.5) is 5.95 Å². The van der Waals surface area contributed by atoms with E-state index in [0.29, 0.717) is 23.6 Å². The molecule has 1 aliphatic heterocycles. The maximum Gasteiger partial charge on any atom is 0.260 e. The molecule has 4 rings (SSSR count). The highest BCUT2D eigenvalue weighted by Crippen LogP contribution is 2.37. The van der Waals surface area contributed by atoms with Gasteiger partial charge in [0.25, 0.3) is 11.5 Å². The van der Waals surface area contributed by atoms with E-state index in [1.807, 2.05) is 19.1 Å². The molecule has 1 unspecified atom stereocenters. The minimum Gasteiger partial charge on any atom is -0.368 e. The van der Waals surface area contributed by atoms with Crippen molar-refractivity contribution in [3.63, 3.8) is 0 Å². The fourth-order valence-corrected chi connectivity index (χ4v) is 3.37. The number of rotatable bonds is 2. The third-order valence-electron chi connectivity index (χ3n) is 4.75. The van der Waals surface area contributed by atoms with Gasteiger partial charge in [-0.15, -0.1) is 0 Å². The fraction of sp³-hybridized carbons (Fsp3) is 0.211. The number of fused-ring (bicyclic) bond motifs is 1. The van der Waals surface area contributed by atoms with E-state index >= 15 is 0 Å². The lowest BCUT2D eigenvalue weighted by atomic mass is 10.1. The molecule has 0 fully saturated rings. The van der Waals surface area contributed by atoms with Crippen LogP contribution in [0.3, 0.4) is 0 Å². The predicted octanol–water partition coefficient (Wildman–Crippen LogP) is 1.83. The molecule has 0 saturated heterocycles. The molecule has 4 heterocycles. The molecule has 0 bridgehead atoms. The van der Waals surface area contributed by atoms with Crippen LogP contribution < -0.4 is 11.3 Å². The van der Waals surface area contributed by atoms with Crippen LogP contribution in [-0.2, 0) is 6.54 Å². The Morgan fingerprint density at radius 3 is 2.67 bits per heavy atom. The molecule has 8 heteroatoms. The van der Waals surface area contributed by atoms with Gasteiger partial charge in [-0.05, 0) is 38.1 Å². The molecule has 0 spiro atoms. The summed E-state index contributed by atoms with van der Waals surface area (Å²) >= 11 is 0. The molecule has 1 amide bonds. The van der Waals surface area contributed by atoms with Crippen molar-refractivity contribution in [1.82, 2.24) is 24.8 Å². The second-order valence-electron chi connectivity index (χ2n) is 6.52. The number of aryl methyl sites for hydroxylation is 1. The third kappa shape index (κ3) is 2.84. The Bertz CT molecular complexity index is 1090. The van der Waals surface area contributed by atoms with Crippen LogP contribution in [0.25, 0.3) is 11.3 Å². The highest BCUT2D eigenvalue weighted by molar-refractivity contribution is 5.94. The van der Waals surface area contributed by atoms with Crippen molar-refractivity contribution >= 4 is 11.9 Å². The summed E-state index contributed by atoms with van der Waals surface area (Å²) in [6.07, 6.45) is 3.35. The van der Waals surface area contributed by atoms with Crippen molar-refractivity contribution < 1.29 is 4.79 Å². The van der Waals surface area contributed by atoms with Crippen molar-refractivity contribution in [3.05, 3.63) is 69.5 Å². The van der Waals surface area contributed by atoms with Crippen LogP contribution in [0.2, 0.25) is 0 Å². The Morgan fingerprint density at radius 2 is 1.96 bits per heavy atom. The molecular weight excluding hydrogens is 344 g/mol. The summed E-state index contributed by atoms with van der Waals surface area (Å²) in [6.45, 7) is 3.94. The van der Waals surface area contributed by atoms with Gasteiger partial charge in [-0.2, -0.15) is 0 Å². The normalized spacial score (nSPS) is 15.6. The first-order valence-corrected chi connectivity index (χ1v) is 8.53. The molecule has 1 atom stereocenters. The van der Waals surface area contributed by atoms with E-state index in [0.717, 1.165) is 11.1 Å². The van der Waals surface area contributed by atoms with E-state index in [4.69, 9.17) is 5.73 Å². The second-order valence-corrected chi connectivity index (χ2v) is 6.52. The first-order valence-electron chi connectivity index (χ1n) is 8.53. The summed E-state index contributed by atoms with van der Waals surface area (Å²) in [5.41, 5.74) is 9.38. The molecule has 0 saturated carbocycles. The van der Waals surface area contributed by atoms with Crippen LogP contribution in [0, 0.1) is 6.92 Å². The highest BCUT2D eigenvalue weighted by atomic mass is 16.2. The zero-order valence-corrected chi connectivity index (χ0v) is 14.9. The van der Waals surface area contributed by atoms with Gasteiger partial charge >= 0.3 is 0 Å². The average molecular weight is 362 g/mol. The molecule has 3 aromatic heterocycles. The van der Waals surface area contributed by atoms with E-state index in [-0.39, 0.29) is 23.5 Å². The monoisotopic (exact) mass is 362 g/mol. The zero-order valence-electron chi connectivity index (χ0n) is 14.9. The molecule has 8 nitrogen and oxygen atoms in total. The van der Waals surface area contributed by atoms with Gasteiger partial charge in [-0.25, -0.2) is 9.97 Å². The summed E-state index contributed by atoms with van der Waals surface area (Å²) in [5.74, 6) is -0.198. The number of carbonyl (C=O) groups is 1. The molecule has 0 radical (unpaired) electrons. The number of H-pyrrole nitrogens is 1. The first-order chi connectivity index (χ1) is 13.0. The van der Waals surface area contributed by atoms with E-state index < -0.39 is 5.56 Å². The number of anilines is 1. The summed E-state index contributed by atoms with van der Waals surface area (Å²) in [7, 11) is 0. The topological polar surface area (TPSA) is 118 Å². The van der Waals surface area contributed by atoms with E-state index in [1.165, 1.54) is 0 Å². The van der Waals surface area contributed by atoms with Crippen LogP contribution in [-0.4, -0.2) is 30.7 Å². The van der Waals surface area contributed by atoms with Crippen molar-refractivity contribution in [2.45, 2.75) is 26.4 Å². The number of nitrogen functional groups attached to an aromatic ring is 1. The number of carbonyl (C=O) groups excluding carboxylic acids is 1. The minimum absolute atomic E-state index is 0.103. The number of pyridine rings is 2. The third-order valence-corrected chi connectivity index (χ3v) is 4.75. The lowest BCUT2D eigenvalue weighted by molar-refractivity contribution is 0.0701. The van der Waals surface area contributed by atoms with Gasteiger partial charge in [0.1, 0.15) is 5.56 Å².